The van der Waals surface area contributed by atoms with Crippen molar-refractivity contribution in [3.8, 4) is 17.3 Å². The van der Waals surface area contributed by atoms with Crippen LogP contribution < -0.4 is 10.3 Å². The highest BCUT2D eigenvalue weighted by atomic mass is 35.5. The van der Waals surface area contributed by atoms with Gasteiger partial charge in [-0.05, 0) is 66.6 Å². The summed E-state index contributed by atoms with van der Waals surface area (Å²) in [7, 11) is 0. The summed E-state index contributed by atoms with van der Waals surface area (Å²) in [5.74, 6) is 1.40. The van der Waals surface area contributed by atoms with Crippen LogP contribution in [0.15, 0.2) is 99.2 Å². The van der Waals surface area contributed by atoms with Crippen molar-refractivity contribution in [2.75, 3.05) is 0 Å². The first-order valence-corrected chi connectivity index (χ1v) is 12.8. The van der Waals surface area contributed by atoms with E-state index in [0.717, 1.165) is 28.1 Å². The zero-order valence-corrected chi connectivity index (χ0v) is 21.6. The molecule has 0 aliphatic carbocycles. The van der Waals surface area contributed by atoms with Crippen LogP contribution >= 0.6 is 11.6 Å². The number of ether oxygens (including phenoxy) is 1. The number of aromatic nitrogens is 2. The van der Waals surface area contributed by atoms with Gasteiger partial charge in [0.05, 0.1) is 23.2 Å². The Hall–Kier alpha value is -4.42. The van der Waals surface area contributed by atoms with Crippen molar-refractivity contribution in [1.82, 2.24) is 9.66 Å². The van der Waals surface area contributed by atoms with Crippen molar-refractivity contribution < 1.29 is 9.15 Å². The lowest BCUT2D eigenvalue weighted by atomic mass is 10.0. The molecular formula is C31H24ClN3O3. The van der Waals surface area contributed by atoms with Crippen LogP contribution in [0.3, 0.4) is 0 Å². The molecule has 0 saturated carbocycles. The molecule has 2 aromatic heterocycles. The van der Waals surface area contributed by atoms with Crippen molar-refractivity contribution in [3.05, 3.63) is 106 Å². The lowest BCUT2D eigenvalue weighted by molar-refractivity contribution is 0.217. The summed E-state index contributed by atoms with van der Waals surface area (Å²) in [6.07, 6.45) is 2.55. The van der Waals surface area contributed by atoms with Crippen LogP contribution in [-0.2, 0) is 0 Å². The maximum atomic E-state index is 13.7. The van der Waals surface area contributed by atoms with E-state index in [1.165, 1.54) is 4.68 Å². The van der Waals surface area contributed by atoms with Gasteiger partial charge in [0.15, 0.2) is 5.76 Å². The van der Waals surface area contributed by atoms with Gasteiger partial charge in [-0.3, -0.25) is 4.79 Å². The van der Waals surface area contributed by atoms with Crippen LogP contribution in [-0.4, -0.2) is 22.0 Å². The average molecular weight is 522 g/mol. The molecule has 6 rings (SSSR count). The third-order valence-electron chi connectivity index (χ3n) is 6.59. The Morgan fingerprint density at radius 3 is 2.63 bits per heavy atom. The summed E-state index contributed by atoms with van der Waals surface area (Å²) in [5, 5.41) is 8.56. The van der Waals surface area contributed by atoms with Gasteiger partial charge in [0.1, 0.15) is 11.3 Å². The number of para-hydroxylation sites is 1. The third-order valence-corrected chi connectivity index (χ3v) is 6.82. The van der Waals surface area contributed by atoms with E-state index in [2.05, 4.69) is 12.0 Å². The summed E-state index contributed by atoms with van der Waals surface area (Å²) < 4.78 is 13.6. The number of halogens is 1. The summed E-state index contributed by atoms with van der Waals surface area (Å²) in [4.78, 5) is 18.5. The zero-order chi connectivity index (χ0) is 26.2. The fraction of sp³-hybridized carbons (Fsp3) is 0.129. The van der Waals surface area contributed by atoms with Gasteiger partial charge in [0.25, 0.3) is 5.56 Å². The minimum atomic E-state index is -0.301. The number of fused-ring (bicyclic) bond motifs is 3. The van der Waals surface area contributed by atoms with E-state index in [1.807, 2.05) is 67.6 Å². The molecule has 1 atom stereocenters. The van der Waals surface area contributed by atoms with Gasteiger partial charge in [-0.15, -0.1) is 0 Å². The molecule has 0 unspecified atom stereocenters. The first-order valence-electron chi connectivity index (χ1n) is 12.5. The second-order valence-corrected chi connectivity index (χ2v) is 9.58. The predicted octanol–water partition coefficient (Wildman–Crippen LogP) is 7.68. The lowest BCUT2D eigenvalue weighted by Crippen LogP contribution is -2.20. The smallest absolute Gasteiger partial charge is 0.282 e. The second-order valence-electron chi connectivity index (χ2n) is 9.14. The molecule has 0 bridgehead atoms. The molecule has 0 N–H and O–H groups in total. The normalized spacial score (nSPS) is 12.6. The van der Waals surface area contributed by atoms with E-state index >= 15 is 0 Å². The SMILES string of the molecule is CC[C@@H](C)Oc1ccc2ccccc2c1C=Nn1c(-c2cc3cc(Cl)ccc3o2)nc2ccccc2c1=O. The molecule has 6 aromatic rings. The summed E-state index contributed by atoms with van der Waals surface area (Å²) in [5.41, 5.74) is 1.68. The van der Waals surface area contributed by atoms with E-state index in [1.54, 1.807) is 30.5 Å². The zero-order valence-electron chi connectivity index (χ0n) is 20.9. The van der Waals surface area contributed by atoms with Crippen LogP contribution in [0.25, 0.3) is 44.2 Å². The standard InChI is InChI=1S/C31H24ClN3O3/c1-3-19(2)37-28-14-12-20-8-4-5-9-23(20)25(28)18-33-35-30(34-26-11-7-6-10-24(26)31(35)36)29-17-21-16-22(32)13-15-27(21)38-29/h4-19H,3H2,1-2H3/t19-/m1/s1. The highest BCUT2D eigenvalue weighted by molar-refractivity contribution is 6.31. The van der Waals surface area contributed by atoms with E-state index in [9.17, 15) is 4.79 Å². The van der Waals surface area contributed by atoms with Crippen LogP contribution in [0.2, 0.25) is 5.02 Å². The van der Waals surface area contributed by atoms with E-state index < -0.39 is 0 Å². The highest BCUT2D eigenvalue weighted by Crippen LogP contribution is 2.30. The Bertz CT molecular complexity index is 1900. The Morgan fingerprint density at radius 1 is 1.00 bits per heavy atom. The summed E-state index contributed by atoms with van der Waals surface area (Å²) in [6.45, 7) is 4.10. The molecule has 0 saturated heterocycles. The number of rotatable bonds is 6. The molecule has 7 heteroatoms. The molecule has 0 fully saturated rings. The first kappa shape index (κ1) is 23.9. The summed E-state index contributed by atoms with van der Waals surface area (Å²) in [6, 6.07) is 26.4. The molecule has 0 spiro atoms. The quantitative estimate of drug-likeness (QED) is 0.211. The molecule has 0 aliphatic rings. The van der Waals surface area contributed by atoms with E-state index in [0.29, 0.717) is 38.8 Å². The molecule has 4 aromatic carbocycles. The average Bonchev–Trinajstić information content (AvgIpc) is 3.36. The Kier molecular flexibility index (Phi) is 6.18. The van der Waals surface area contributed by atoms with Gasteiger partial charge in [-0.25, -0.2) is 4.98 Å². The number of nitrogens with zero attached hydrogens (tertiary/aromatic N) is 3. The number of hydrogen-bond acceptors (Lipinski definition) is 5. The molecule has 6 nitrogen and oxygen atoms in total. The van der Waals surface area contributed by atoms with Gasteiger partial charge >= 0.3 is 0 Å². The minimum absolute atomic E-state index is 0.0197. The monoisotopic (exact) mass is 521 g/mol. The van der Waals surface area contributed by atoms with Crippen LogP contribution in [0.5, 0.6) is 5.75 Å². The van der Waals surface area contributed by atoms with Gasteiger partial charge < -0.3 is 9.15 Å². The van der Waals surface area contributed by atoms with E-state index in [4.69, 9.17) is 25.7 Å². The molecule has 0 aliphatic heterocycles. The summed E-state index contributed by atoms with van der Waals surface area (Å²) >= 11 is 6.19. The maximum absolute atomic E-state index is 13.7. The second kappa shape index (κ2) is 9.80. The molecule has 0 amide bonds. The van der Waals surface area contributed by atoms with Gasteiger partial charge in [-0.2, -0.15) is 9.78 Å². The topological polar surface area (TPSA) is 69.6 Å². The fourth-order valence-electron chi connectivity index (χ4n) is 4.44. The van der Waals surface area contributed by atoms with Crippen molar-refractivity contribution >= 4 is 50.5 Å². The number of furan rings is 1. The molecule has 38 heavy (non-hydrogen) atoms. The molecular weight excluding hydrogens is 498 g/mol. The molecule has 188 valence electrons. The minimum Gasteiger partial charge on any atom is -0.490 e. The first-order chi connectivity index (χ1) is 18.5. The van der Waals surface area contributed by atoms with Crippen LogP contribution in [0.1, 0.15) is 25.8 Å². The van der Waals surface area contributed by atoms with Gasteiger partial charge in [0, 0.05) is 16.0 Å². The van der Waals surface area contributed by atoms with Crippen molar-refractivity contribution in [3.63, 3.8) is 0 Å². The Labute approximate surface area is 223 Å². The highest BCUT2D eigenvalue weighted by Gasteiger charge is 2.17. The molecule has 0 radical (unpaired) electrons. The fourth-order valence-corrected chi connectivity index (χ4v) is 4.62. The Morgan fingerprint density at radius 2 is 1.79 bits per heavy atom. The largest absolute Gasteiger partial charge is 0.490 e. The third kappa shape index (κ3) is 4.33. The van der Waals surface area contributed by atoms with Crippen molar-refractivity contribution in [1.29, 1.82) is 0 Å². The van der Waals surface area contributed by atoms with Crippen molar-refractivity contribution in [2.45, 2.75) is 26.4 Å². The molecule has 2 heterocycles. The van der Waals surface area contributed by atoms with Gasteiger partial charge in [-0.1, -0.05) is 61.0 Å². The van der Waals surface area contributed by atoms with Crippen LogP contribution in [0, 0.1) is 0 Å². The van der Waals surface area contributed by atoms with Gasteiger partial charge in [0.2, 0.25) is 5.82 Å². The van der Waals surface area contributed by atoms with Crippen LogP contribution in [0.4, 0.5) is 0 Å². The van der Waals surface area contributed by atoms with E-state index in [-0.39, 0.29) is 11.7 Å². The predicted molar refractivity (Wildman–Crippen MR) is 154 cm³/mol. The number of hydrogen-bond donors (Lipinski definition) is 0. The number of benzene rings is 4. The van der Waals surface area contributed by atoms with Crippen molar-refractivity contribution in [2.24, 2.45) is 5.10 Å². The Balaban J connectivity index is 1.58. The lowest BCUT2D eigenvalue weighted by Gasteiger charge is -2.16. The maximum Gasteiger partial charge on any atom is 0.282 e.